The van der Waals surface area contributed by atoms with Gasteiger partial charge in [0.15, 0.2) is 0 Å². The van der Waals surface area contributed by atoms with Crippen molar-refractivity contribution >= 4 is 33.3 Å². The Balaban J connectivity index is 1.85. The lowest BCUT2D eigenvalue weighted by Crippen LogP contribution is -2.45. The number of carbonyl (C=O) groups excluding carboxylic acids is 1. The SMILES string of the molecule is CCC(C)N(CC(=O)N(Cc1ccccc1)Cc1sccc1C)S(=O)(=O)/C=C/c1ccccc1. The fraction of sp³-hybridized carbons (Fsp3) is 0.296. The van der Waals surface area contributed by atoms with Crippen molar-refractivity contribution in [3.63, 3.8) is 0 Å². The number of hydrogen-bond donors (Lipinski definition) is 0. The van der Waals surface area contributed by atoms with Crippen LogP contribution >= 0.6 is 11.3 Å². The lowest BCUT2D eigenvalue weighted by molar-refractivity contribution is -0.133. The van der Waals surface area contributed by atoms with Gasteiger partial charge in [0.1, 0.15) is 0 Å². The maximum Gasteiger partial charge on any atom is 0.238 e. The Morgan fingerprint density at radius 2 is 1.65 bits per heavy atom. The van der Waals surface area contributed by atoms with Gasteiger partial charge < -0.3 is 4.90 Å². The smallest absolute Gasteiger partial charge is 0.238 e. The van der Waals surface area contributed by atoms with Crippen LogP contribution in [0.15, 0.2) is 77.5 Å². The van der Waals surface area contributed by atoms with Gasteiger partial charge in [-0.2, -0.15) is 4.31 Å². The number of sulfonamides is 1. The van der Waals surface area contributed by atoms with Gasteiger partial charge in [0.2, 0.25) is 15.9 Å². The fourth-order valence-corrected chi connectivity index (χ4v) is 5.86. The van der Waals surface area contributed by atoms with E-state index in [0.717, 1.165) is 21.6 Å². The zero-order valence-electron chi connectivity index (χ0n) is 19.9. The van der Waals surface area contributed by atoms with Gasteiger partial charge in [-0.05, 0) is 54.5 Å². The second-order valence-electron chi connectivity index (χ2n) is 8.32. The van der Waals surface area contributed by atoms with Crippen molar-refractivity contribution in [3.8, 4) is 0 Å². The maximum atomic E-state index is 13.5. The zero-order valence-corrected chi connectivity index (χ0v) is 21.6. The van der Waals surface area contributed by atoms with Gasteiger partial charge in [0, 0.05) is 22.9 Å². The van der Waals surface area contributed by atoms with Crippen molar-refractivity contribution in [2.24, 2.45) is 0 Å². The Bertz CT molecular complexity index is 1190. The average Bonchev–Trinajstić information content (AvgIpc) is 3.25. The minimum absolute atomic E-state index is 0.201. The molecule has 0 spiro atoms. The van der Waals surface area contributed by atoms with E-state index in [1.165, 1.54) is 9.71 Å². The van der Waals surface area contributed by atoms with Gasteiger partial charge in [0.25, 0.3) is 0 Å². The lowest BCUT2D eigenvalue weighted by atomic mass is 10.2. The number of benzene rings is 2. The van der Waals surface area contributed by atoms with E-state index in [-0.39, 0.29) is 18.5 Å². The molecule has 0 saturated heterocycles. The molecule has 0 fully saturated rings. The Morgan fingerprint density at radius 1 is 1.00 bits per heavy atom. The summed E-state index contributed by atoms with van der Waals surface area (Å²) in [5.74, 6) is -0.214. The van der Waals surface area contributed by atoms with Gasteiger partial charge >= 0.3 is 0 Å². The topological polar surface area (TPSA) is 57.7 Å². The standard InChI is InChI=1S/C27H32N2O3S2/c1-4-23(3)29(34(31,32)18-16-24-11-7-5-8-12-24)21-27(30)28(19-25-13-9-6-10-14-25)20-26-22(2)15-17-33-26/h5-18,23H,4,19-21H2,1-3H3/b18-16+. The predicted molar refractivity (Wildman–Crippen MR) is 141 cm³/mol. The molecule has 5 nitrogen and oxygen atoms in total. The lowest BCUT2D eigenvalue weighted by Gasteiger charge is -2.29. The first-order valence-corrected chi connectivity index (χ1v) is 13.8. The number of amides is 1. The summed E-state index contributed by atoms with van der Waals surface area (Å²) in [6, 6.07) is 20.8. The molecule has 2 aromatic carbocycles. The molecule has 1 atom stereocenters. The molecule has 0 radical (unpaired) electrons. The molecule has 0 N–H and O–H groups in total. The molecule has 1 amide bonds. The third-order valence-electron chi connectivity index (χ3n) is 5.80. The fourth-order valence-electron chi connectivity index (χ4n) is 3.52. The van der Waals surface area contributed by atoms with Crippen LogP contribution in [0.25, 0.3) is 6.08 Å². The quantitative estimate of drug-likeness (QED) is 0.343. The van der Waals surface area contributed by atoms with Crippen LogP contribution in [0.3, 0.4) is 0 Å². The van der Waals surface area contributed by atoms with Crippen LogP contribution in [0.1, 0.15) is 41.8 Å². The third kappa shape index (κ3) is 7.13. The van der Waals surface area contributed by atoms with E-state index in [9.17, 15) is 13.2 Å². The summed E-state index contributed by atoms with van der Waals surface area (Å²) < 4.78 is 27.8. The van der Waals surface area contributed by atoms with E-state index < -0.39 is 10.0 Å². The highest BCUT2D eigenvalue weighted by Gasteiger charge is 2.29. The summed E-state index contributed by atoms with van der Waals surface area (Å²) in [4.78, 5) is 16.4. The van der Waals surface area contributed by atoms with Crippen molar-refractivity contribution in [1.29, 1.82) is 0 Å². The second-order valence-corrected chi connectivity index (χ2v) is 11.1. The molecule has 0 aliphatic carbocycles. The van der Waals surface area contributed by atoms with Crippen molar-refractivity contribution in [1.82, 2.24) is 9.21 Å². The van der Waals surface area contributed by atoms with Crippen molar-refractivity contribution in [2.75, 3.05) is 6.54 Å². The minimum atomic E-state index is -3.80. The summed E-state index contributed by atoms with van der Waals surface area (Å²) in [5, 5.41) is 3.22. The highest BCUT2D eigenvalue weighted by Crippen LogP contribution is 2.21. The van der Waals surface area contributed by atoms with Gasteiger partial charge in [-0.3, -0.25) is 4.79 Å². The monoisotopic (exact) mass is 496 g/mol. The van der Waals surface area contributed by atoms with E-state index in [0.29, 0.717) is 19.5 Å². The Hall–Kier alpha value is -2.74. The average molecular weight is 497 g/mol. The molecule has 1 unspecified atom stereocenters. The highest BCUT2D eigenvalue weighted by molar-refractivity contribution is 7.92. The molecular weight excluding hydrogens is 464 g/mol. The van der Waals surface area contributed by atoms with Gasteiger partial charge in [-0.15, -0.1) is 11.3 Å². The Kier molecular flexibility index (Phi) is 9.21. The largest absolute Gasteiger partial charge is 0.332 e. The van der Waals surface area contributed by atoms with Crippen molar-refractivity contribution in [3.05, 3.63) is 99.1 Å². The van der Waals surface area contributed by atoms with E-state index in [4.69, 9.17) is 0 Å². The molecule has 34 heavy (non-hydrogen) atoms. The molecule has 180 valence electrons. The molecule has 1 heterocycles. The number of nitrogens with zero attached hydrogens (tertiary/aromatic N) is 2. The summed E-state index contributed by atoms with van der Waals surface area (Å²) >= 11 is 1.61. The molecular formula is C27H32N2O3S2. The number of rotatable bonds is 11. The highest BCUT2D eigenvalue weighted by atomic mass is 32.2. The normalized spacial score (nSPS) is 12.8. The van der Waals surface area contributed by atoms with Gasteiger partial charge in [-0.25, -0.2) is 8.42 Å². The summed E-state index contributed by atoms with van der Waals surface area (Å²) in [7, 11) is -3.80. The Labute approximate surface area is 207 Å². The zero-order chi connectivity index (χ0) is 24.6. The van der Waals surface area contributed by atoms with E-state index >= 15 is 0 Å². The molecule has 0 aliphatic rings. The molecule has 0 saturated carbocycles. The van der Waals surface area contributed by atoms with E-state index in [2.05, 4.69) is 0 Å². The van der Waals surface area contributed by atoms with Crippen LogP contribution < -0.4 is 0 Å². The van der Waals surface area contributed by atoms with Crippen LogP contribution in [0.5, 0.6) is 0 Å². The summed E-state index contributed by atoms with van der Waals surface area (Å²) in [6.45, 7) is 6.47. The molecule has 3 aromatic rings. The van der Waals surface area contributed by atoms with E-state index in [1.54, 1.807) is 22.3 Å². The first kappa shape index (κ1) is 25.9. The minimum Gasteiger partial charge on any atom is -0.332 e. The maximum absolute atomic E-state index is 13.5. The number of hydrogen-bond acceptors (Lipinski definition) is 4. The first-order valence-electron chi connectivity index (χ1n) is 11.4. The van der Waals surface area contributed by atoms with Crippen LogP contribution in [0.4, 0.5) is 0 Å². The van der Waals surface area contributed by atoms with Crippen LogP contribution in [-0.2, 0) is 27.9 Å². The predicted octanol–water partition coefficient (Wildman–Crippen LogP) is 5.69. The van der Waals surface area contributed by atoms with Crippen LogP contribution in [-0.4, -0.2) is 36.1 Å². The molecule has 7 heteroatoms. The number of thiophene rings is 1. The van der Waals surface area contributed by atoms with Crippen molar-refractivity contribution in [2.45, 2.75) is 46.3 Å². The van der Waals surface area contributed by atoms with Crippen molar-refractivity contribution < 1.29 is 13.2 Å². The number of carbonyl (C=O) groups is 1. The second kappa shape index (κ2) is 12.1. The van der Waals surface area contributed by atoms with Crippen LogP contribution in [0.2, 0.25) is 0 Å². The number of aryl methyl sites for hydroxylation is 1. The van der Waals surface area contributed by atoms with Crippen LogP contribution in [0, 0.1) is 6.92 Å². The first-order chi connectivity index (χ1) is 16.3. The molecule has 0 aliphatic heterocycles. The molecule has 0 bridgehead atoms. The van der Waals surface area contributed by atoms with E-state index in [1.807, 2.05) is 92.9 Å². The van der Waals surface area contributed by atoms with Gasteiger partial charge in [0.05, 0.1) is 13.1 Å². The summed E-state index contributed by atoms with van der Waals surface area (Å²) in [6.07, 6.45) is 2.18. The summed E-state index contributed by atoms with van der Waals surface area (Å²) in [5.41, 5.74) is 2.93. The molecule has 3 rings (SSSR count). The van der Waals surface area contributed by atoms with Gasteiger partial charge in [-0.1, -0.05) is 67.6 Å². The molecule has 1 aromatic heterocycles. The Morgan fingerprint density at radius 3 is 2.24 bits per heavy atom. The third-order valence-corrected chi connectivity index (χ3v) is 8.43.